The van der Waals surface area contributed by atoms with E-state index in [9.17, 15) is 18.4 Å². The first-order valence-electron chi connectivity index (χ1n) is 9.60. The molecule has 0 saturated heterocycles. The van der Waals surface area contributed by atoms with E-state index in [1.165, 1.54) is 0 Å². The summed E-state index contributed by atoms with van der Waals surface area (Å²) in [4.78, 5) is 29.8. The van der Waals surface area contributed by atoms with Crippen LogP contribution in [0.1, 0.15) is 32.2 Å². The lowest BCUT2D eigenvalue weighted by atomic mass is 10.1. The van der Waals surface area contributed by atoms with Gasteiger partial charge < -0.3 is 10.1 Å². The zero-order valence-electron chi connectivity index (χ0n) is 17.6. The molecule has 0 aliphatic carbocycles. The van der Waals surface area contributed by atoms with Crippen molar-refractivity contribution < 1.29 is 18.3 Å². The molecule has 1 amide bonds. The molecule has 0 fully saturated rings. The van der Waals surface area contributed by atoms with Gasteiger partial charge in [0.15, 0.2) is 0 Å². The van der Waals surface area contributed by atoms with Crippen LogP contribution in [0.25, 0.3) is 16.6 Å². The Morgan fingerprint density at radius 2 is 1.84 bits per heavy atom. The third-order valence-electron chi connectivity index (χ3n) is 4.37. The summed E-state index contributed by atoms with van der Waals surface area (Å²) in [7, 11) is 0. The van der Waals surface area contributed by atoms with Crippen molar-refractivity contribution in [2.24, 2.45) is 0 Å². The third kappa shape index (κ3) is 5.19. The SMILES string of the molecule is Cc1ccc(Cl)c2c(=O)n(-c3cc(F)cc(F)c3)c(CCNC(=O)OC(C)(C)C)nc12. The Kier molecular flexibility index (Phi) is 6.31. The maximum atomic E-state index is 13.9. The van der Waals surface area contributed by atoms with E-state index >= 15 is 0 Å². The number of ether oxygens (including phenoxy) is 1. The molecule has 0 aliphatic rings. The van der Waals surface area contributed by atoms with Crippen molar-refractivity contribution in [3.8, 4) is 5.69 Å². The third-order valence-corrected chi connectivity index (χ3v) is 4.68. The van der Waals surface area contributed by atoms with Crippen LogP contribution in [-0.4, -0.2) is 27.8 Å². The summed E-state index contributed by atoms with van der Waals surface area (Å²) in [6.07, 6.45) is -0.521. The Labute approximate surface area is 182 Å². The minimum Gasteiger partial charge on any atom is -0.444 e. The molecule has 31 heavy (non-hydrogen) atoms. The Morgan fingerprint density at radius 1 is 1.19 bits per heavy atom. The van der Waals surface area contributed by atoms with Crippen molar-refractivity contribution in [3.05, 3.63) is 68.7 Å². The van der Waals surface area contributed by atoms with Gasteiger partial charge in [-0.15, -0.1) is 0 Å². The number of carbonyl (C=O) groups excluding carboxylic acids is 1. The van der Waals surface area contributed by atoms with Gasteiger partial charge in [0.2, 0.25) is 0 Å². The number of amides is 1. The fraction of sp³-hybridized carbons (Fsp3) is 0.318. The van der Waals surface area contributed by atoms with Crippen LogP contribution in [0.2, 0.25) is 5.02 Å². The van der Waals surface area contributed by atoms with Gasteiger partial charge in [-0.2, -0.15) is 0 Å². The molecular weight excluding hydrogens is 428 g/mol. The number of nitrogens with one attached hydrogen (secondary N) is 1. The van der Waals surface area contributed by atoms with Crippen molar-refractivity contribution in [2.75, 3.05) is 6.54 Å². The number of aryl methyl sites for hydroxylation is 1. The Bertz CT molecular complexity index is 1200. The number of benzene rings is 2. The zero-order valence-corrected chi connectivity index (χ0v) is 18.3. The number of nitrogens with zero attached hydrogens (tertiary/aromatic N) is 2. The summed E-state index contributed by atoms with van der Waals surface area (Å²) < 4.78 is 34.1. The summed E-state index contributed by atoms with van der Waals surface area (Å²) in [6.45, 7) is 7.07. The lowest BCUT2D eigenvalue weighted by molar-refractivity contribution is 0.0528. The van der Waals surface area contributed by atoms with Crippen molar-refractivity contribution in [3.63, 3.8) is 0 Å². The first-order chi connectivity index (χ1) is 14.5. The number of carbonyl (C=O) groups is 1. The van der Waals surface area contributed by atoms with Gasteiger partial charge in [-0.3, -0.25) is 9.36 Å². The molecule has 0 radical (unpaired) electrons. The van der Waals surface area contributed by atoms with Gasteiger partial charge in [0.25, 0.3) is 5.56 Å². The summed E-state index contributed by atoms with van der Waals surface area (Å²) >= 11 is 6.24. The van der Waals surface area contributed by atoms with Crippen LogP contribution >= 0.6 is 11.6 Å². The van der Waals surface area contributed by atoms with Crippen molar-refractivity contribution in [1.29, 1.82) is 0 Å². The number of hydrogen-bond donors (Lipinski definition) is 1. The van der Waals surface area contributed by atoms with Crippen molar-refractivity contribution in [2.45, 2.75) is 39.7 Å². The van der Waals surface area contributed by atoms with Gasteiger partial charge >= 0.3 is 6.09 Å². The van der Waals surface area contributed by atoms with Crippen LogP contribution in [-0.2, 0) is 11.2 Å². The van der Waals surface area contributed by atoms with E-state index in [0.717, 1.165) is 22.3 Å². The lowest BCUT2D eigenvalue weighted by Crippen LogP contribution is -2.34. The number of halogens is 3. The highest BCUT2D eigenvalue weighted by atomic mass is 35.5. The lowest BCUT2D eigenvalue weighted by Gasteiger charge is -2.20. The van der Waals surface area contributed by atoms with Crippen LogP contribution in [0.4, 0.5) is 13.6 Å². The van der Waals surface area contributed by atoms with E-state index in [2.05, 4.69) is 10.3 Å². The number of alkyl carbamates (subject to hydrolysis) is 1. The van der Waals surface area contributed by atoms with E-state index in [1.807, 2.05) is 0 Å². The molecule has 0 unspecified atom stereocenters. The predicted molar refractivity (Wildman–Crippen MR) is 115 cm³/mol. The van der Waals surface area contributed by atoms with Crippen LogP contribution < -0.4 is 10.9 Å². The maximum absolute atomic E-state index is 13.9. The molecule has 1 N–H and O–H groups in total. The molecule has 0 spiro atoms. The second-order valence-electron chi connectivity index (χ2n) is 8.06. The molecular formula is C22H22ClF2N3O3. The molecule has 0 aliphatic heterocycles. The summed E-state index contributed by atoms with van der Waals surface area (Å²) in [5, 5.41) is 2.92. The van der Waals surface area contributed by atoms with Gasteiger partial charge in [0.1, 0.15) is 23.1 Å². The number of rotatable bonds is 4. The second kappa shape index (κ2) is 8.63. The van der Waals surface area contributed by atoms with E-state index in [-0.39, 0.29) is 34.9 Å². The highest BCUT2D eigenvalue weighted by Crippen LogP contribution is 2.24. The molecule has 3 rings (SSSR count). The molecule has 3 aromatic rings. The number of aromatic nitrogens is 2. The summed E-state index contributed by atoms with van der Waals surface area (Å²) in [6, 6.07) is 6.08. The van der Waals surface area contributed by atoms with Gasteiger partial charge in [0.05, 0.1) is 21.6 Å². The molecule has 0 atom stereocenters. The van der Waals surface area contributed by atoms with Crippen molar-refractivity contribution in [1.82, 2.24) is 14.9 Å². The topological polar surface area (TPSA) is 73.2 Å². The fourth-order valence-corrected chi connectivity index (χ4v) is 3.35. The molecule has 2 aromatic carbocycles. The van der Waals surface area contributed by atoms with Gasteiger partial charge in [-0.05, 0) is 51.5 Å². The highest BCUT2D eigenvalue weighted by molar-refractivity contribution is 6.35. The maximum Gasteiger partial charge on any atom is 0.407 e. The first-order valence-corrected chi connectivity index (χ1v) is 9.98. The summed E-state index contributed by atoms with van der Waals surface area (Å²) in [5.74, 6) is -1.46. The average Bonchev–Trinajstić information content (AvgIpc) is 2.62. The quantitative estimate of drug-likeness (QED) is 0.627. The second-order valence-corrected chi connectivity index (χ2v) is 8.47. The smallest absolute Gasteiger partial charge is 0.407 e. The Balaban J connectivity index is 2.09. The Morgan fingerprint density at radius 3 is 2.45 bits per heavy atom. The minimum absolute atomic E-state index is 0.0262. The summed E-state index contributed by atoms with van der Waals surface area (Å²) in [5.41, 5.74) is -0.147. The number of hydrogen-bond acceptors (Lipinski definition) is 4. The average molecular weight is 450 g/mol. The normalized spacial score (nSPS) is 11.6. The Hall–Kier alpha value is -3.00. The number of fused-ring (bicyclic) bond motifs is 1. The highest BCUT2D eigenvalue weighted by Gasteiger charge is 2.19. The van der Waals surface area contributed by atoms with Crippen LogP contribution in [0, 0.1) is 18.6 Å². The van der Waals surface area contributed by atoms with Crippen molar-refractivity contribution >= 4 is 28.6 Å². The fourth-order valence-electron chi connectivity index (χ4n) is 3.12. The van der Waals surface area contributed by atoms with E-state index in [0.29, 0.717) is 11.6 Å². The van der Waals surface area contributed by atoms with Crippen LogP contribution in [0.5, 0.6) is 0 Å². The molecule has 9 heteroatoms. The molecule has 0 bridgehead atoms. The van der Waals surface area contributed by atoms with Gasteiger partial charge in [-0.1, -0.05) is 17.7 Å². The standard InChI is InChI=1S/C22H22ClF2N3O3/c1-12-5-6-16(23)18-19(12)27-17(7-8-26-21(30)31-22(2,3)4)28(20(18)29)15-10-13(24)9-14(25)11-15/h5-6,9-11H,7-8H2,1-4H3,(H,26,30). The monoisotopic (exact) mass is 449 g/mol. The molecule has 6 nitrogen and oxygen atoms in total. The molecule has 1 aromatic heterocycles. The predicted octanol–water partition coefficient (Wildman–Crippen LogP) is 4.69. The largest absolute Gasteiger partial charge is 0.444 e. The van der Waals surface area contributed by atoms with E-state index in [4.69, 9.17) is 16.3 Å². The first kappa shape index (κ1) is 22.7. The van der Waals surface area contributed by atoms with E-state index < -0.39 is 28.9 Å². The minimum atomic E-state index is -0.838. The van der Waals surface area contributed by atoms with Gasteiger partial charge in [-0.25, -0.2) is 18.6 Å². The molecule has 0 saturated carbocycles. The van der Waals surface area contributed by atoms with Crippen LogP contribution in [0.15, 0.2) is 35.1 Å². The molecule has 1 heterocycles. The van der Waals surface area contributed by atoms with E-state index in [1.54, 1.807) is 39.8 Å². The van der Waals surface area contributed by atoms with Gasteiger partial charge in [0, 0.05) is 19.0 Å². The zero-order chi connectivity index (χ0) is 22.9. The van der Waals surface area contributed by atoms with Crippen LogP contribution in [0.3, 0.4) is 0 Å². The molecule has 164 valence electrons.